The van der Waals surface area contributed by atoms with Gasteiger partial charge in [-0.1, -0.05) is 13.8 Å². The second-order valence-electron chi connectivity index (χ2n) is 4.82. The van der Waals surface area contributed by atoms with E-state index in [1.165, 1.54) is 12.8 Å². The van der Waals surface area contributed by atoms with Crippen LogP contribution in [-0.2, 0) is 6.54 Å². The zero-order valence-electron chi connectivity index (χ0n) is 10.0. The molecular weight excluding hydrogens is 200 g/mol. The number of hydrogen-bond donors (Lipinski definition) is 2. The standard InChI is InChI=1S/C12H20N4/c1-9(2)5-15-12-8-14-11(7-16-12)6-13-10-3-4-10/h7-10,13H,3-6H2,1-2H3,(H,15,16). The number of aromatic nitrogens is 2. The predicted molar refractivity (Wildman–Crippen MR) is 65.2 cm³/mol. The third-order valence-corrected chi connectivity index (χ3v) is 2.55. The summed E-state index contributed by atoms with van der Waals surface area (Å²) in [6.45, 7) is 6.12. The zero-order chi connectivity index (χ0) is 11.4. The predicted octanol–water partition coefficient (Wildman–Crippen LogP) is 1.80. The highest BCUT2D eigenvalue weighted by molar-refractivity contribution is 5.30. The molecule has 1 aromatic rings. The molecule has 0 bridgehead atoms. The van der Waals surface area contributed by atoms with Gasteiger partial charge in [-0.15, -0.1) is 0 Å². The van der Waals surface area contributed by atoms with Gasteiger partial charge in [0.1, 0.15) is 5.82 Å². The average molecular weight is 220 g/mol. The van der Waals surface area contributed by atoms with Crippen molar-refractivity contribution >= 4 is 5.82 Å². The zero-order valence-corrected chi connectivity index (χ0v) is 10.0. The molecular formula is C12H20N4. The first kappa shape index (κ1) is 11.3. The first-order valence-corrected chi connectivity index (χ1v) is 6.02. The maximum absolute atomic E-state index is 4.37. The Kier molecular flexibility index (Phi) is 3.72. The van der Waals surface area contributed by atoms with Crippen LogP contribution in [0.3, 0.4) is 0 Å². The van der Waals surface area contributed by atoms with Gasteiger partial charge in [0, 0.05) is 19.1 Å². The SMILES string of the molecule is CC(C)CNc1cnc(CNC2CC2)cn1. The summed E-state index contributed by atoms with van der Waals surface area (Å²) in [5, 5.41) is 6.67. The van der Waals surface area contributed by atoms with Gasteiger partial charge in [-0.3, -0.25) is 4.98 Å². The minimum absolute atomic E-state index is 0.623. The molecule has 1 aliphatic rings. The summed E-state index contributed by atoms with van der Waals surface area (Å²) < 4.78 is 0. The van der Waals surface area contributed by atoms with Crippen LogP contribution >= 0.6 is 0 Å². The number of anilines is 1. The summed E-state index contributed by atoms with van der Waals surface area (Å²) in [5.41, 5.74) is 1.02. The Labute approximate surface area is 96.9 Å². The smallest absolute Gasteiger partial charge is 0.144 e. The summed E-state index contributed by atoms with van der Waals surface area (Å²) in [6.07, 6.45) is 6.27. The maximum Gasteiger partial charge on any atom is 0.144 e. The molecule has 1 aliphatic carbocycles. The van der Waals surface area contributed by atoms with Gasteiger partial charge in [-0.05, 0) is 18.8 Å². The molecule has 16 heavy (non-hydrogen) atoms. The van der Waals surface area contributed by atoms with Crippen LogP contribution in [0.4, 0.5) is 5.82 Å². The van der Waals surface area contributed by atoms with E-state index in [9.17, 15) is 0 Å². The first-order valence-electron chi connectivity index (χ1n) is 6.02. The highest BCUT2D eigenvalue weighted by Gasteiger charge is 2.20. The summed E-state index contributed by atoms with van der Waals surface area (Å²) in [7, 11) is 0. The van der Waals surface area contributed by atoms with Crippen molar-refractivity contribution in [3.8, 4) is 0 Å². The van der Waals surface area contributed by atoms with Gasteiger partial charge in [0.15, 0.2) is 0 Å². The van der Waals surface area contributed by atoms with E-state index in [2.05, 4.69) is 34.4 Å². The van der Waals surface area contributed by atoms with Crippen LogP contribution in [0.2, 0.25) is 0 Å². The van der Waals surface area contributed by atoms with Crippen LogP contribution in [0.15, 0.2) is 12.4 Å². The van der Waals surface area contributed by atoms with Gasteiger partial charge in [-0.2, -0.15) is 0 Å². The van der Waals surface area contributed by atoms with Crippen LogP contribution in [0.5, 0.6) is 0 Å². The minimum Gasteiger partial charge on any atom is -0.369 e. The van der Waals surface area contributed by atoms with E-state index in [1.54, 1.807) is 0 Å². The molecule has 1 aromatic heterocycles. The van der Waals surface area contributed by atoms with Crippen LogP contribution in [0.25, 0.3) is 0 Å². The quantitative estimate of drug-likeness (QED) is 0.767. The molecule has 4 heteroatoms. The monoisotopic (exact) mass is 220 g/mol. The lowest BCUT2D eigenvalue weighted by Crippen LogP contribution is -2.16. The fourth-order valence-electron chi connectivity index (χ4n) is 1.38. The molecule has 0 amide bonds. The van der Waals surface area contributed by atoms with Crippen molar-refractivity contribution in [1.29, 1.82) is 0 Å². The highest BCUT2D eigenvalue weighted by atomic mass is 15.0. The highest BCUT2D eigenvalue weighted by Crippen LogP contribution is 2.18. The van der Waals surface area contributed by atoms with Crippen LogP contribution in [0.1, 0.15) is 32.4 Å². The van der Waals surface area contributed by atoms with Gasteiger partial charge in [0.05, 0.1) is 18.1 Å². The molecule has 1 heterocycles. The molecule has 0 saturated heterocycles. The largest absolute Gasteiger partial charge is 0.369 e. The Morgan fingerprint density at radius 2 is 2.12 bits per heavy atom. The molecule has 1 fully saturated rings. The van der Waals surface area contributed by atoms with E-state index in [0.717, 1.165) is 30.6 Å². The fraction of sp³-hybridized carbons (Fsp3) is 0.667. The number of nitrogens with zero attached hydrogens (tertiary/aromatic N) is 2. The fourth-order valence-corrected chi connectivity index (χ4v) is 1.38. The Morgan fingerprint density at radius 3 is 2.69 bits per heavy atom. The lowest BCUT2D eigenvalue weighted by Gasteiger charge is -2.08. The van der Waals surface area contributed by atoms with Crippen molar-refractivity contribution in [2.75, 3.05) is 11.9 Å². The van der Waals surface area contributed by atoms with Crippen LogP contribution < -0.4 is 10.6 Å². The van der Waals surface area contributed by atoms with E-state index < -0.39 is 0 Å². The third-order valence-electron chi connectivity index (χ3n) is 2.55. The van der Waals surface area contributed by atoms with Crippen molar-refractivity contribution in [2.45, 2.75) is 39.3 Å². The summed E-state index contributed by atoms with van der Waals surface area (Å²) >= 11 is 0. The summed E-state index contributed by atoms with van der Waals surface area (Å²) in [4.78, 5) is 8.70. The van der Waals surface area contributed by atoms with Crippen molar-refractivity contribution in [2.24, 2.45) is 5.92 Å². The lowest BCUT2D eigenvalue weighted by molar-refractivity contribution is 0.669. The molecule has 0 unspecified atom stereocenters. The van der Waals surface area contributed by atoms with Crippen molar-refractivity contribution in [3.05, 3.63) is 18.1 Å². The number of nitrogens with one attached hydrogen (secondary N) is 2. The van der Waals surface area contributed by atoms with Gasteiger partial charge in [0.2, 0.25) is 0 Å². The second kappa shape index (κ2) is 5.25. The molecule has 0 radical (unpaired) electrons. The Hall–Kier alpha value is -1.16. The molecule has 0 atom stereocenters. The molecule has 88 valence electrons. The van der Waals surface area contributed by atoms with E-state index >= 15 is 0 Å². The van der Waals surface area contributed by atoms with E-state index in [1.807, 2.05) is 12.4 Å². The summed E-state index contributed by atoms with van der Waals surface area (Å²) in [5.74, 6) is 1.49. The molecule has 2 rings (SSSR count). The molecule has 4 nitrogen and oxygen atoms in total. The van der Waals surface area contributed by atoms with Crippen LogP contribution in [-0.4, -0.2) is 22.6 Å². The Balaban J connectivity index is 1.78. The number of rotatable bonds is 6. The summed E-state index contributed by atoms with van der Waals surface area (Å²) in [6, 6.07) is 0.723. The molecule has 0 spiro atoms. The normalized spacial score (nSPS) is 15.4. The second-order valence-corrected chi connectivity index (χ2v) is 4.82. The van der Waals surface area contributed by atoms with Crippen molar-refractivity contribution in [3.63, 3.8) is 0 Å². The Morgan fingerprint density at radius 1 is 1.31 bits per heavy atom. The third kappa shape index (κ3) is 3.77. The topological polar surface area (TPSA) is 49.8 Å². The minimum atomic E-state index is 0.623. The number of hydrogen-bond acceptors (Lipinski definition) is 4. The molecule has 1 saturated carbocycles. The van der Waals surface area contributed by atoms with Crippen molar-refractivity contribution in [1.82, 2.24) is 15.3 Å². The van der Waals surface area contributed by atoms with E-state index in [-0.39, 0.29) is 0 Å². The molecule has 0 aliphatic heterocycles. The van der Waals surface area contributed by atoms with Gasteiger partial charge < -0.3 is 10.6 Å². The van der Waals surface area contributed by atoms with E-state index in [0.29, 0.717) is 5.92 Å². The van der Waals surface area contributed by atoms with Gasteiger partial charge in [0.25, 0.3) is 0 Å². The van der Waals surface area contributed by atoms with Crippen molar-refractivity contribution < 1.29 is 0 Å². The molecule has 2 N–H and O–H groups in total. The van der Waals surface area contributed by atoms with Gasteiger partial charge in [-0.25, -0.2) is 4.98 Å². The lowest BCUT2D eigenvalue weighted by atomic mass is 10.2. The van der Waals surface area contributed by atoms with Gasteiger partial charge >= 0.3 is 0 Å². The van der Waals surface area contributed by atoms with E-state index in [4.69, 9.17) is 0 Å². The molecule has 0 aromatic carbocycles. The first-order chi connectivity index (χ1) is 7.74. The average Bonchev–Trinajstić information content (AvgIpc) is 3.09. The van der Waals surface area contributed by atoms with Crippen LogP contribution in [0, 0.1) is 5.92 Å². The maximum atomic E-state index is 4.37. The Bertz CT molecular complexity index is 291.